The van der Waals surface area contributed by atoms with Crippen molar-refractivity contribution in [2.75, 3.05) is 6.54 Å². The predicted molar refractivity (Wildman–Crippen MR) is 87.8 cm³/mol. The normalized spacial score (nSPS) is 18.1. The predicted octanol–water partition coefficient (Wildman–Crippen LogP) is 3.57. The summed E-state index contributed by atoms with van der Waals surface area (Å²) in [7, 11) is 0. The van der Waals surface area contributed by atoms with E-state index in [0.717, 1.165) is 35.8 Å². The van der Waals surface area contributed by atoms with Crippen LogP contribution in [0.15, 0.2) is 29.8 Å². The second kappa shape index (κ2) is 6.57. The molecule has 0 spiro atoms. The van der Waals surface area contributed by atoms with E-state index in [0.29, 0.717) is 12.3 Å². The van der Waals surface area contributed by atoms with Gasteiger partial charge in [-0.15, -0.1) is 11.3 Å². The highest BCUT2D eigenvalue weighted by Crippen LogP contribution is 2.31. The summed E-state index contributed by atoms with van der Waals surface area (Å²) < 4.78 is 0. The van der Waals surface area contributed by atoms with Gasteiger partial charge in [-0.1, -0.05) is 19.9 Å². The number of nitrogens with zero attached hydrogens (tertiary/aromatic N) is 3. The fourth-order valence-corrected chi connectivity index (χ4v) is 3.71. The van der Waals surface area contributed by atoms with E-state index in [4.69, 9.17) is 0 Å². The Balaban J connectivity index is 1.70. The Hall–Kier alpha value is -1.75. The van der Waals surface area contributed by atoms with E-state index in [1.54, 1.807) is 17.5 Å². The molecule has 1 aliphatic heterocycles. The molecule has 0 unspecified atom stereocenters. The third-order valence-electron chi connectivity index (χ3n) is 4.00. The second-order valence-corrected chi connectivity index (χ2v) is 6.90. The van der Waals surface area contributed by atoms with Gasteiger partial charge in [0.25, 0.3) is 0 Å². The first-order chi connectivity index (χ1) is 10.6. The highest BCUT2D eigenvalue weighted by molar-refractivity contribution is 7.09. The van der Waals surface area contributed by atoms with E-state index in [2.05, 4.69) is 23.8 Å². The van der Waals surface area contributed by atoms with Gasteiger partial charge in [0.1, 0.15) is 0 Å². The van der Waals surface area contributed by atoms with Gasteiger partial charge in [0.15, 0.2) is 0 Å². The zero-order valence-electron chi connectivity index (χ0n) is 13.0. The molecule has 22 heavy (non-hydrogen) atoms. The van der Waals surface area contributed by atoms with Crippen LogP contribution in [0, 0.1) is 0 Å². The minimum atomic E-state index is 0.122. The maximum absolute atomic E-state index is 12.6. The minimum Gasteiger partial charge on any atom is -0.334 e. The summed E-state index contributed by atoms with van der Waals surface area (Å²) in [5, 5.41) is 3.12. The number of hydrogen-bond donors (Lipinski definition) is 0. The highest BCUT2D eigenvalue weighted by atomic mass is 32.1. The van der Waals surface area contributed by atoms with Gasteiger partial charge in [0.05, 0.1) is 28.9 Å². The van der Waals surface area contributed by atoms with Crippen molar-refractivity contribution in [3.63, 3.8) is 0 Å². The van der Waals surface area contributed by atoms with Gasteiger partial charge in [0, 0.05) is 24.0 Å². The topological polar surface area (TPSA) is 46.1 Å². The monoisotopic (exact) mass is 315 g/mol. The summed E-state index contributed by atoms with van der Waals surface area (Å²) in [6, 6.07) is 6.03. The first-order valence-electron chi connectivity index (χ1n) is 7.80. The molecule has 2 aromatic rings. The van der Waals surface area contributed by atoms with Gasteiger partial charge in [-0.2, -0.15) is 0 Å². The van der Waals surface area contributed by atoms with Crippen molar-refractivity contribution < 1.29 is 4.79 Å². The van der Waals surface area contributed by atoms with E-state index in [1.165, 1.54) is 0 Å². The minimum absolute atomic E-state index is 0.122. The summed E-state index contributed by atoms with van der Waals surface area (Å²) in [6.45, 7) is 5.07. The lowest BCUT2D eigenvalue weighted by Crippen LogP contribution is -2.32. The Morgan fingerprint density at radius 3 is 3.00 bits per heavy atom. The lowest BCUT2D eigenvalue weighted by molar-refractivity contribution is -0.131. The molecule has 0 saturated carbocycles. The van der Waals surface area contributed by atoms with Crippen LogP contribution in [0.1, 0.15) is 55.0 Å². The average Bonchev–Trinajstić information content (AvgIpc) is 3.17. The van der Waals surface area contributed by atoms with Crippen LogP contribution in [-0.2, 0) is 11.2 Å². The molecular formula is C17H21N3OS. The smallest absolute Gasteiger partial charge is 0.229 e. The highest BCUT2D eigenvalue weighted by Gasteiger charge is 2.30. The Bertz CT molecular complexity index is 638. The van der Waals surface area contributed by atoms with Gasteiger partial charge < -0.3 is 4.90 Å². The number of pyridine rings is 1. The first kappa shape index (κ1) is 15.2. The maximum atomic E-state index is 12.6. The summed E-state index contributed by atoms with van der Waals surface area (Å²) in [5.41, 5.74) is 1.89. The van der Waals surface area contributed by atoms with Crippen molar-refractivity contribution in [1.82, 2.24) is 14.9 Å². The van der Waals surface area contributed by atoms with Gasteiger partial charge >= 0.3 is 0 Å². The van der Waals surface area contributed by atoms with Gasteiger partial charge in [-0.3, -0.25) is 9.78 Å². The molecule has 4 nitrogen and oxygen atoms in total. The van der Waals surface area contributed by atoms with Crippen LogP contribution in [0.4, 0.5) is 0 Å². The van der Waals surface area contributed by atoms with Crippen LogP contribution in [0.2, 0.25) is 0 Å². The summed E-state index contributed by atoms with van der Waals surface area (Å²) >= 11 is 1.65. The summed E-state index contributed by atoms with van der Waals surface area (Å²) in [5.74, 6) is 0.579. The third kappa shape index (κ3) is 3.19. The second-order valence-electron chi connectivity index (χ2n) is 6.01. The van der Waals surface area contributed by atoms with E-state index in [9.17, 15) is 4.79 Å². The number of hydrogen-bond acceptors (Lipinski definition) is 4. The summed E-state index contributed by atoms with van der Waals surface area (Å²) in [4.78, 5) is 23.6. The molecule has 1 fully saturated rings. The van der Waals surface area contributed by atoms with Gasteiger partial charge in [-0.25, -0.2) is 4.98 Å². The number of rotatable bonds is 4. The first-order valence-corrected chi connectivity index (χ1v) is 8.68. The van der Waals surface area contributed by atoms with Crippen LogP contribution in [0.25, 0.3) is 0 Å². The van der Waals surface area contributed by atoms with Crippen molar-refractivity contribution in [2.24, 2.45) is 0 Å². The molecule has 1 atom stereocenters. The van der Waals surface area contributed by atoms with Crippen LogP contribution in [-0.4, -0.2) is 27.3 Å². The van der Waals surface area contributed by atoms with Crippen LogP contribution >= 0.6 is 11.3 Å². The van der Waals surface area contributed by atoms with Crippen molar-refractivity contribution in [2.45, 2.75) is 45.1 Å². The molecule has 1 aliphatic rings. The van der Waals surface area contributed by atoms with Crippen molar-refractivity contribution >= 4 is 17.2 Å². The fourth-order valence-electron chi connectivity index (χ4n) is 2.87. The zero-order valence-corrected chi connectivity index (χ0v) is 13.8. The van der Waals surface area contributed by atoms with Crippen molar-refractivity contribution in [1.29, 1.82) is 0 Å². The average molecular weight is 315 g/mol. The van der Waals surface area contributed by atoms with Crippen molar-refractivity contribution in [3.8, 4) is 0 Å². The Morgan fingerprint density at radius 1 is 1.45 bits per heavy atom. The van der Waals surface area contributed by atoms with Crippen molar-refractivity contribution in [3.05, 3.63) is 46.2 Å². The molecule has 2 aromatic heterocycles. The fraction of sp³-hybridized carbons (Fsp3) is 0.471. The van der Waals surface area contributed by atoms with Crippen LogP contribution < -0.4 is 0 Å². The van der Waals surface area contributed by atoms with E-state index in [1.807, 2.05) is 28.5 Å². The molecule has 0 aromatic carbocycles. The molecule has 116 valence electrons. The van der Waals surface area contributed by atoms with Crippen LogP contribution in [0.5, 0.6) is 0 Å². The number of carbonyl (C=O) groups is 1. The van der Waals surface area contributed by atoms with E-state index >= 15 is 0 Å². The Morgan fingerprint density at radius 2 is 2.32 bits per heavy atom. The van der Waals surface area contributed by atoms with Crippen LogP contribution in [0.3, 0.4) is 0 Å². The molecule has 3 rings (SSSR count). The number of thiazole rings is 1. The largest absolute Gasteiger partial charge is 0.334 e. The molecule has 0 radical (unpaired) electrons. The van der Waals surface area contributed by atoms with E-state index < -0.39 is 0 Å². The SMILES string of the molecule is CC(C)c1nc(CC(=O)N2CCC[C@@H]2c2ccccn2)cs1. The quantitative estimate of drug-likeness (QED) is 0.866. The standard InChI is InChI=1S/C17H21N3OS/c1-12(2)17-19-13(11-22-17)10-16(21)20-9-5-7-15(20)14-6-3-4-8-18-14/h3-4,6,8,11-12,15H,5,7,9-10H2,1-2H3/t15-/m1/s1. The third-order valence-corrected chi connectivity index (χ3v) is 5.19. The molecule has 0 N–H and O–H groups in total. The van der Waals surface area contributed by atoms with Gasteiger partial charge in [-0.05, 0) is 25.0 Å². The number of carbonyl (C=O) groups excluding carboxylic acids is 1. The Labute approximate surface area is 135 Å². The molecule has 1 amide bonds. The number of likely N-dealkylation sites (tertiary alicyclic amines) is 1. The molecule has 0 aliphatic carbocycles. The Kier molecular flexibility index (Phi) is 4.52. The number of amides is 1. The molecular weight excluding hydrogens is 294 g/mol. The maximum Gasteiger partial charge on any atom is 0.229 e. The lowest BCUT2D eigenvalue weighted by atomic mass is 10.1. The molecule has 3 heterocycles. The molecule has 0 bridgehead atoms. The molecule has 5 heteroatoms. The lowest BCUT2D eigenvalue weighted by Gasteiger charge is -2.24. The molecule has 1 saturated heterocycles. The summed E-state index contributed by atoms with van der Waals surface area (Å²) in [6.07, 6.45) is 4.23. The zero-order chi connectivity index (χ0) is 15.5. The van der Waals surface area contributed by atoms with E-state index in [-0.39, 0.29) is 11.9 Å². The van der Waals surface area contributed by atoms with Gasteiger partial charge in [0.2, 0.25) is 5.91 Å². The number of aromatic nitrogens is 2.